The molecule has 1 aromatic carbocycles. The van der Waals surface area contributed by atoms with Crippen molar-refractivity contribution in [2.45, 2.75) is 32.6 Å². The van der Waals surface area contributed by atoms with Crippen LogP contribution in [0.25, 0.3) is 0 Å². The summed E-state index contributed by atoms with van der Waals surface area (Å²) < 4.78 is 18.5. The fourth-order valence-corrected chi connectivity index (χ4v) is 1.47. The summed E-state index contributed by atoms with van der Waals surface area (Å²) in [7, 11) is 1.49. The molecule has 0 N–H and O–H groups in total. The van der Waals surface area contributed by atoms with Crippen molar-refractivity contribution >= 4 is 0 Å². The van der Waals surface area contributed by atoms with Crippen molar-refractivity contribution in [1.82, 2.24) is 0 Å². The first kappa shape index (κ1) is 11.0. The zero-order chi connectivity index (χ0) is 10.4. The molecule has 0 aliphatic rings. The summed E-state index contributed by atoms with van der Waals surface area (Å²) in [5.74, 6) is 0.144. The zero-order valence-corrected chi connectivity index (χ0v) is 8.85. The van der Waals surface area contributed by atoms with Crippen molar-refractivity contribution in [1.29, 1.82) is 0 Å². The second-order valence-electron chi connectivity index (χ2n) is 3.39. The monoisotopic (exact) mass is 196 g/mol. The van der Waals surface area contributed by atoms with E-state index in [2.05, 4.69) is 6.92 Å². The van der Waals surface area contributed by atoms with Crippen molar-refractivity contribution in [2.24, 2.45) is 0 Å². The summed E-state index contributed by atoms with van der Waals surface area (Å²) in [6, 6.07) is 5.31. The Morgan fingerprint density at radius 3 is 2.71 bits per heavy atom. The highest BCUT2D eigenvalue weighted by atomic mass is 19.1. The van der Waals surface area contributed by atoms with E-state index in [1.807, 2.05) is 12.1 Å². The van der Waals surface area contributed by atoms with Crippen molar-refractivity contribution in [3.63, 3.8) is 0 Å². The molecular weight excluding hydrogens is 179 g/mol. The predicted molar refractivity (Wildman–Crippen MR) is 56.2 cm³/mol. The van der Waals surface area contributed by atoms with Gasteiger partial charge >= 0.3 is 0 Å². The molecule has 0 aliphatic heterocycles. The fraction of sp³-hybridized carbons (Fsp3) is 0.500. The van der Waals surface area contributed by atoms with Crippen LogP contribution in [0.5, 0.6) is 5.75 Å². The lowest BCUT2D eigenvalue weighted by Gasteiger charge is -2.06. The summed E-state index contributed by atoms with van der Waals surface area (Å²) in [5, 5.41) is 0. The normalized spacial score (nSPS) is 10.2. The summed E-state index contributed by atoms with van der Waals surface area (Å²) in [4.78, 5) is 0. The van der Waals surface area contributed by atoms with Gasteiger partial charge in [0.05, 0.1) is 7.11 Å². The highest BCUT2D eigenvalue weighted by molar-refractivity contribution is 5.31. The molecule has 0 radical (unpaired) electrons. The van der Waals surface area contributed by atoms with E-state index in [1.54, 1.807) is 6.07 Å². The van der Waals surface area contributed by atoms with E-state index in [0.29, 0.717) is 5.75 Å². The molecule has 14 heavy (non-hydrogen) atoms. The number of benzene rings is 1. The lowest BCUT2D eigenvalue weighted by molar-refractivity contribution is 0.384. The Morgan fingerprint density at radius 2 is 2.07 bits per heavy atom. The Hall–Kier alpha value is -1.05. The molecule has 0 saturated carbocycles. The average molecular weight is 196 g/mol. The minimum atomic E-state index is -0.203. The van der Waals surface area contributed by atoms with E-state index >= 15 is 0 Å². The molecule has 0 aliphatic carbocycles. The lowest BCUT2D eigenvalue weighted by atomic mass is 10.1. The van der Waals surface area contributed by atoms with Gasteiger partial charge in [0.25, 0.3) is 0 Å². The van der Waals surface area contributed by atoms with Gasteiger partial charge in [0.15, 0.2) is 11.6 Å². The Kier molecular flexibility index (Phi) is 4.44. The highest BCUT2D eigenvalue weighted by Gasteiger charge is 2.06. The van der Waals surface area contributed by atoms with Gasteiger partial charge in [0.1, 0.15) is 0 Å². The molecule has 1 nitrogen and oxygen atoms in total. The smallest absolute Gasteiger partial charge is 0.168 e. The Labute approximate surface area is 84.9 Å². The maximum Gasteiger partial charge on any atom is 0.168 e. The topological polar surface area (TPSA) is 9.23 Å². The maximum atomic E-state index is 13.6. The number of hydrogen-bond acceptors (Lipinski definition) is 1. The molecule has 0 unspecified atom stereocenters. The van der Waals surface area contributed by atoms with Crippen LogP contribution in [0.3, 0.4) is 0 Å². The largest absolute Gasteiger partial charge is 0.494 e. The van der Waals surface area contributed by atoms with E-state index in [0.717, 1.165) is 31.2 Å². The zero-order valence-electron chi connectivity index (χ0n) is 8.85. The van der Waals surface area contributed by atoms with Gasteiger partial charge in [-0.05, 0) is 24.5 Å². The second kappa shape index (κ2) is 5.63. The third kappa shape index (κ3) is 2.72. The van der Waals surface area contributed by atoms with Gasteiger partial charge in [-0.15, -0.1) is 0 Å². The molecule has 0 heterocycles. The van der Waals surface area contributed by atoms with E-state index in [9.17, 15) is 4.39 Å². The molecule has 1 aromatic rings. The van der Waals surface area contributed by atoms with Gasteiger partial charge in [-0.25, -0.2) is 4.39 Å². The number of methoxy groups -OCH3 is 1. The van der Waals surface area contributed by atoms with Crippen LogP contribution in [-0.4, -0.2) is 7.11 Å². The van der Waals surface area contributed by atoms with Crippen LogP contribution in [0.1, 0.15) is 31.7 Å². The first-order valence-electron chi connectivity index (χ1n) is 5.11. The van der Waals surface area contributed by atoms with Crippen LogP contribution in [0.2, 0.25) is 0 Å². The first-order chi connectivity index (χ1) is 6.79. The Bertz CT molecular complexity index is 284. The minimum absolute atomic E-state index is 0.203. The quantitative estimate of drug-likeness (QED) is 0.654. The molecule has 0 amide bonds. The van der Waals surface area contributed by atoms with Gasteiger partial charge in [-0.2, -0.15) is 0 Å². The van der Waals surface area contributed by atoms with Crippen LogP contribution in [0, 0.1) is 5.82 Å². The third-order valence-electron chi connectivity index (χ3n) is 2.31. The summed E-state index contributed by atoms with van der Waals surface area (Å²) in [6.07, 6.45) is 4.15. The predicted octanol–water partition coefficient (Wildman–Crippen LogP) is 3.57. The molecule has 0 atom stereocenters. The number of rotatable bonds is 5. The first-order valence-corrected chi connectivity index (χ1v) is 5.11. The average Bonchev–Trinajstić information content (AvgIpc) is 2.21. The van der Waals surface area contributed by atoms with Gasteiger partial charge in [-0.3, -0.25) is 0 Å². The van der Waals surface area contributed by atoms with Gasteiger partial charge < -0.3 is 4.74 Å². The summed E-state index contributed by atoms with van der Waals surface area (Å²) >= 11 is 0. The SMILES string of the molecule is CCCCCc1cccc(OC)c1F. The summed E-state index contributed by atoms with van der Waals surface area (Å²) in [6.45, 7) is 2.14. The van der Waals surface area contributed by atoms with Crippen molar-refractivity contribution in [3.05, 3.63) is 29.6 Å². The van der Waals surface area contributed by atoms with Crippen LogP contribution in [0.4, 0.5) is 4.39 Å². The van der Waals surface area contributed by atoms with Crippen LogP contribution in [-0.2, 0) is 6.42 Å². The number of aryl methyl sites for hydroxylation is 1. The van der Waals surface area contributed by atoms with Crippen molar-refractivity contribution in [3.8, 4) is 5.75 Å². The standard InChI is InChI=1S/C12H17FO/c1-3-4-5-7-10-8-6-9-11(14-2)12(10)13/h6,8-9H,3-5,7H2,1-2H3. The summed E-state index contributed by atoms with van der Waals surface area (Å²) in [5.41, 5.74) is 0.762. The Morgan fingerprint density at radius 1 is 1.29 bits per heavy atom. The van der Waals surface area contributed by atoms with Crippen molar-refractivity contribution in [2.75, 3.05) is 7.11 Å². The number of unbranched alkanes of at least 4 members (excludes halogenated alkanes) is 2. The van der Waals surface area contributed by atoms with E-state index in [-0.39, 0.29) is 5.82 Å². The van der Waals surface area contributed by atoms with Crippen molar-refractivity contribution < 1.29 is 9.13 Å². The van der Waals surface area contributed by atoms with Gasteiger partial charge in [-0.1, -0.05) is 31.9 Å². The molecule has 0 fully saturated rings. The molecule has 0 aromatic heterocycles. The lowest BCUT2D eigenvalue weighted by Crippen LogP contribution is -1.94. The van der Waals surface area contributed by atoms with Crippen LogP contribution in [0.15, 0.2) is 18.2 Å². The van der Waals surface area contributed by atoms with E-state index < -0.39 is 0 Å². The maximum absolute atomic E-state index is 13.6. The molecule has 0 saturated heterocycles. The number of ether oxygens (including phenoxy) is 1. The number of hydrogen-bond donors (Lipinski definition) is 0. The fourth-order valence-electron chi connectivity index (χ4n) is 1.47. The molecule has 2 heteroatoms. The second-order valence-corrected chi connectivity index (χ2v) is 3.39. The van der Waals surface area contributed by atoms with Crippen LogP contribution >= 0.6 is 0 Å². The minimum Gasteiger partial charge on any atom is -0.494 e. The molecule has 78 valence electrons. The van der Waals surface area contributed by atoms with Gasteiger partial charge in [0.2, 0.25) is 0 Å². The molecule has 0 spiro atoms. The molecule has 1 rings (SSSR count). The highest BCUT2D eigenvalue weighted by Crippen LogP contribution is 2.21. The van der Waals surface area contributed by atoms with Crippen LogP contribution < -0.4 is 4.74 Å². The van der Waals surface area contributed by atoms with E-state index in [4.69, 9.17) is 4.74 Å². The van der Waals surface area contributed by atoms with Gasteiger partial charge in [0, 0.05) is 0 Å². The Balaban J connectivity index is 2.66. The molecular formula is C12H17FO. The number of halogens is 1. The van der Waals surface area contributed by atoms with E-state index in [1.165, 1.54) is 7.11 Å². The third-order valence-corrected chi connectivity index (χ3v) is 2.31. The molecule has 0 bridgehead atoms.